The van der Waals surface area contributed by atoms with E-state index in [1.165, 1.54) is 0 Å². The molecular weight excluding hydrogens is 214 g/mol. The third-order valence-electron chi connectivity index (χ3n) is 2.58. The third kappa shape index (κ3) is 2.47. The summed E-state index contributed by atoms with van der Waals surface area (Å²) in [4.78, 5) is 0. The lowest BCUT2D eigenvalue weighted by atomic mass is 10.1. The van der Waals surface area contributed by atoms with Gasteiger partial charge in [0.15, 0.2) is 0 Å². The summed E-state index contributed by atoms with van der Waals surface area (Å²) in [5, 5.41) is 4.24. The lowest BCUT2D eigenvalue weighted by Crippen LogP contribution is -2.07. The Bertz CT molecular complexity index is 517. The number of rotatable bonds is 3. The monoisotopic (exact) mass is 231 g/mol. The molecule has 4 heteroatoms. The average molecular weight is 231 g/mol. The molecule has 0 aliphatic rings. The maximum absolute atomic E-state index is 5.91. The molecule has 1 aromatic heterocycles. The summed E-state index contributed by atoms with van der Waals surface area (Å²) in [5.74, 6) is 1.50. The van der Waals surface area contributed by atoms with Gasteiger partial charge in [-0.1, -0.05) is 18.2 Å². The standard InChI is InChI=1S/C13H17N3O/c1-9-8-13(16(3)15-9)17-12-7-5-4-6-11(12)10(2)14/h4-8,10H,14H2,1-3H3/t10-/m0/s1. The maximum atomic E-state index is 5.91. The van der Waals surface area contributed by atoms with Crippen molar-refractivity contribution in [3.05, 3.63) is 41.6 Å². The van der Waals surface area contributed by atoms with E-state index < -0.39 is 0 Å². The number of aryl methyl sites for hydroxylation is 2. The second-order valence-electron chi connectivity index (χ2n) is 4.18. The Balaban J connectivity index is 2.33. The number of aromatic nitrogens is 2. The predicted octanol–water partition coefficient (Wildman–Crippen LogP) is 2.54. The van der Waals surface area contributed by atoms with E-state index in [0.29, 0.717) is 0 Å². The van der Waals surface area contributed by atoms with E-state index in [9.17, 15) is 0 Å². The molecule has 0 radical (unpaired) electrons. The highest BCUT2D eigenvalue weighted by atomic mass is 16.5. The first-order chi connectivity index (χ1) is 8.08. The molecule has 90 valence electrons. The number of benzene rings is 1. The Labute approximate surface area is 101 Å². The van der Waals surface area contributed by atoms with Crippen molar-refractivity contribution in [3.8, 4) is 11.6 Å². The molecular formula is C13H17N3O. The molecule has 17 heavy (non-hydrogen) atoms. The zero-order chi connectivity index (χ0) is 12.4. The Kier molecular flexibility index (Phi) is 3.15. The van der Waals surface area contributed by atoms with Crippen molar-refractivity contribution in [2.45, 2.75) is 19.9 Å². The van der Waals surface area contributed by atoms with Gasteiger partial charge in [-0.2, -0.15) is 5.10 Å². The molecule has 4 nitrogen and oxygen atoms in total. The molecule has 0 fully saturated rings. The number of nitrogens with zero attached hydrogens (tertiary/aromatic N) is 2. The van der Waals surface area contributed by atoms with Gasteiger partial charge in [-0.05, 0) is 19.9 Å². The second kappa shape index (κ2) is 4.59. The Morgan fingerprint density at radius 1 is 1.35 bits per heavy atom. The fourth-order valence-corrected chi connectivity index (χ4v) is 1.74. The summed E-state index contributed by atoms with van der Waals surface area (Å²) in [6, 6.07) is 9.63. The summed E-state index contributed by atoms with van der Waals surface area (Å²) in [6.07, 6.45) is 0. The fourth-order valence-electron chi connectivity index (χ4n) is 1.74. The van der Waals surface area contributed by atoms with Crippen LogP contribution in [0.15, 0.2) is 30.3 Å². The lowest BCUT2D eigenvalue weighted by Gasteiger charge is -2.13. The van der Waals surface area contributed by atoms with E-state index in [-0.39, 0.29) is 6.04 Å². The van der Waals surface area contributed by atoms with Gasteiger partial charge in [0, 0.05) is 24.7 Å². The number of hydrogen-bond donors (Lipinski definition) is 1. The Morgan fingerprint density at radius 2 is 2.06 bits per heavy atom. The van der Waals surface area contributed by atoms with Crippen LogP contribution in [0.2, 0.25) is 0 Å². The summed E-state index contributed by atoms with van der Waals surface area (Å²) in [5.41, 5.74) is 7.83. The quantitative estimate of drug-likeness (QED) is 0.883. The van der Waals surface area contributed by atoms with Crippen molar-refractivity contribution < 1.29 is 4.74 Å². The molecule has 0 unspecified atom stereocenters. The van der Waals surface area contributed by atoms with Crippen LogP contribution in [0, 0.1) is 6.92 Å². The molecule has 0 bridgehead atoms. The minimum atomic E-state index is -0.0551. The van der Waals surface area contributed by atoms with Crippen molar-refractivity contribution in [1.82, 2.24) is 9.78 Å². The molecule has 0 saturated carbocycles. The van der Waals surface area contributed by atoms with Crippen molar-refractivity contribution in [2.75, 3.05) is 0 Å². The third-order valence-corrected chi connectivity index (χ3v) is 2.58. The van der Waals surface area contributed by atoms with Crippen LogP contribution in [0.3, 0.4) is 0 Å². The van der Waals surface area contributed by atoms with Crippen LogP contribution < -0.4 is 10.5 Å². The molecule has 0 aliphatic heterocycles. The zero-order valence-electron chi connectivity index (χ0n) is 10.3. The van der Waals surface area contributed by atoms with Crippen LogP contribution in [0.4, 0.5) is 0 Å². The highest BCUT2D eigenvalue weighted by Crippen LogP contribution is 2.28. The highest BCUT2D eigenvalue weighted by Gasteiger charge is 2.10. The van der Waals surface area contributed by atoms with Gasteiger partial charge >= 0.3 is 0 Å². The molecule has 0 aliphatic carbocycles. The van der Waals surface area contributed by atoms with Crippen LogP contribution >= 0.6 is 0 Å². The van der Waals surface area contributed by atoms with Gasteiger partial charge in [0.2, 0.25) is 5.88 Å². The van der Waals surface area contributed by atoms with Crippen LogP contribution in [-0.4, -0.2) is 9.78 Å². The van der Waals surface area contributed by atoms with Crippen molar-refractivity contribution in [3.63, 3.8) is 0 Å². The second-order valence-corrected chi connectivity index (χ2v) is 4.18. The van der Waals surface area contributed by atoms with E-state index in [1.807, 2.05) is 51.2 Å². The van der Waals surface area contributed by atoms with E-state index in [4.69, 9.17) is 10.5 Å². The molecule has 0 saturated heterocycles. The van der Waals surface area contributed by atoms with Gasteiger partial charge in [-0.3, -0.25) is 0 Å². The molecule has 0 amide bonds. The van der Waals surface area contributed by atoms with Gasteiger partial charge in [0.05, 0.1) is 5.69 Å². The SMILES string of the molecule is Cc1cc(Oc2ccccc2[C@H](C)N)n(C)n1. The minimum Gasteiger partial charge on any atom is -0.439 e. The van der Waals surface area contributed by atoms with Crippen LogP contribution in [0.25, 0.3) is 0 Å². The largest absolute Gasteiger partial charge is 0.439 e. The first-order valence-electron chi connectivity index (χ1n) is 5.61. The molecule has 1 heterocycles. The number of ether oxygens (including phenoxy) is 1. The summed E-state index contributed by atoms with van der Waals surface area (Å²) < 4.78 is 7.56. The average Bonchev–Trinajstić information content (AvgIpc) is 2.58. The van der Waals surface area contributed by atoms with E-state index in [0.717, 1.165) is 22.9 Å². The molecule has 2 rings (SSSR count). The van der Waals surface area contributed by atoms with Gasteiger partial charge in [0.1, 0.15) is 5.75 Å². The predicted molar refractivity (Wildman–Crippen MR) is 67.1 cm³/mol. The normalized spacial score (nSPS) is 12.5. The fraction of sp³-hybridized carbons (Fsp3) is 0.308. The lowest BCUT2D eigenvalue weighted by molar-refractivity contribution is 0.423. The number of nitrogens with two attached hydrogens (primary N) is 1. The number of hydrogen-bond acceptors (Lipinski definition) is 3. The van der Waals surface area contributed by atoms with Gasteiger partial charge in [-0.25, -0.2) is 4.68 Å². The molecule has 1 aromatic carbocycles. The first-order valence-corrected chi connectivity index (χ1v) is 5.61. The molecule has 2 N–H and O–H groups in total. The van der Waals surface area contributed by atoms with Crippen LogP contribution in [-0.2, 0) is 7.05 Å². The van der Waals surface area contributed by atoms with E-state index in [2.05, 4.69) is 5.10 Å². The van der Waals surface area contributed by atoms with Gasteiger partial charge < -0.3 is 10.5 Å². The Morgan fingerprint density at radius 3 is 2.65 bits per heavy atom. The van der Waals surface area contributed by atoms with Gasteiger partial charge in [0.25, 0.3) is 0 Å². The van der Waals surface area contributed by atoms with Crippen molar-refractivity contribution in [2.24, 2.45) is 12.8 Å². The summed E-state index contributed by atoms with van der Waals surface area (Å²) in [6.45, 7) is 3.88. The maximum Gasteiger partial charge on any atom is 0.217 e. The van der Waals surface area contributed by atoms with E-state index in [1.54, 1.807) is 4.68 Å². The van der Waals surface area contributed by atoms with Crippen molar-refractivity contribution >= 4 is 0 Å². The zero-order valence-corrected chi connectivity index (χ0v) is 10.3. The smallest absolute Gasteiger partial charge is 0.217 e. The van der Waals surface area contributed by atoms with Crippen molar-refractivity contribution in [1.29, 1.82) is 0 Å². The highest BCUT2D eigenvalue weighted by molar-refractivity contribution is 5.38. The molecule has 1 atom stereocenters. The number of para-hydroxylation sites is 1. The summed E-state index contributed by atoms with van der Waals surface area (Å²) in [7, 11) is 1.86. The first kappa shape index (κ1) is 11.7. The summed E-state index contributed by atoms with van der Waals surface area (Å²) >= 11 is 0. The topological polar surface area (TPSA) is 53.1 Å². The van der Waals surface area contributed by atoms with Crippen LogP contribution in [0.1, 0.15) is 24.2 Å². The van der Waals surface area contributed by atoms with Crippen LogP contribution in [0.5, 0.6) is 11.6 Å². The minimum absolute atomic E-state index is 0.0551. The molecule has 2 aromatic rings. The van der Waals surface area contributed by atoms with Gasteiger partial charge in [-0.15, -0.1) is 0 Å². The van der Waals surface area contributed by atoms with E-state index >= 15 is 0 Å². The Hall–Kier alpha value is -1.81. The molecule has 0 spiro atoms.